The smallest absolute Gasteiger partial charge is 0.127 e. The Morgan fingerprint density at radius 2 is 1.30 bits per heavy atom. The van der Waals surface area contributed by atoms with Gasteiger partial charge in [0, 0.05) is 5.56 Å². The van der Waals surface area contributed by atoms with Gasteiger partial charge in [0.15, 0.2) is 0 Å². The number of benzene rings is 1. The van der Waals surface area contributed by atoms with E-state index < -0.39 is 0 Å². The lowest BCUT2D eigenvalue weighted by Crippen LogP contribution is -2.37. The minimum atomic E-state index is -0.0669. The van der Waals surface area contributed by atoms with Crippen LogP contribution in [0.4, 0.5) is 0 Å². The van der Waals surface area contributed by atoms with E-state index in [2.05, 4.69) is 41.5 Å². The summed E-state index contributed by atoms with van der Waals surface area (Å²) in [7, 11) is 0. The molecule has 1 aliphatic rings. The lowest BCUT2D eigenvalue weighted by atomic mass is 9.84. The van der Waals surface area contributed by atoms with Crippen molar-refractivity contribution in [3.05, 3.63) is 22.3 Å². The van der Waals surface area contributed by atoms with E-state index in [4.69, 9.17) is 4.74 Å². The van der Waals surface area contributed by atoms with Crippen LogP contribution in [0.5, 0.6) is 11.5 Å². The first kappa shape index (κ1) is 28.1. The Labute approximate surface area is 205 Å². The van der Waals surface area contributed by atoms with Gasteiger partial charge in [-0.2, -0.15) is 0 Å². The Balaban J connectivity index is 1.65. The Hall–Kier alpha value is -1.18. The summed E-state index contributed by atoms with van der Waals surface area (Å²) < 4.78 is 6.61. The number of phenols is 1. The maximum Gasteiger partial charge on any atom is 0.127 e. The summed E-state index contributed by atoms with van der Waals surface area (Å²) in [6.45, 7) is 18.0. The molecule has 0 aliphatic carbocycles. The van der Waals surface area contributed by atoms with Gasteiger partial charge in [-0.05, 0) is 87.8 Å². The van der Waals surface area contributed by atoms with Crippen molar-refractivity contribution in [2.45, 2.75) is 144 Å². The lowest BCUT2D eigenvalue weighted by Gasteiger charge is -2.38. The zero-order valence-corrected chi connectivity index (χ0v) is 23.3. The van der Waals surface area contributed by atoms with Crippen molar-refractivity contribution in [3.63, 3.8) is 0 Å². The highest BCUT2D eigenvalue weighted by atomic mass is 16.5. The van der Waals surface area contributed by atoms with Gasteiger partial charge in [-0.25, -0.2) is 0 Å². The Bertz CT molecular complexity index is 735. The molecule has 1 aliphatic heterocycles. The number of rotatable bonds is 14. The molecule has 0 fully saturated rings. The number of unbranched alkanes of at least 4 members (excludes halogenated alkanes) is 2. The van der Waals surface area contributed by atoms with E-state index >= 15 is 0 Å². The normalized spacial score (nSPS) is 19.9. The zero-order valence-electron chi connectivity index (χ0n) is 23.3. The number of aromatic hydroxyl groups is 1. The monoisotopic (exact) mass is 458 g/mol. The second-order valence-electron chi connectivity index (χ2n) is 12.1. The van der Waals surface area contributed by atoms with Crippen molar-refractivity contribution in [3.8, 4) is 11.5 Å². The van der Waals surface area contributed by atoms with E-state index in [1.54, 1.807) is 0 Å². The molecule has 1 aromatic rings. The first-order chi connectivity index (χ1) is 15.5. The van der Waals surface area contributed by atoms with E-state index in [1.165, 1.54) is 69.8 Å². The fourth-order valence-electron chi connectivity index (χ4n) is 5.61. The minimum absolute atomic E-state index is 0.0669. The molecule has 33 heavy (non-hydrogen) atoms. The Morgan fingerprint density at radius 1 is 0.758 bits per heavy atom. The third-order valence-electron chi connectivity index (χ3n) is 8.37. The fraction of sp³-hybridized carbons (Fsp3) is 0.806. The molecule has 0 spiro atoms. The highest BCUT2D eigenvalue weighted by Crippen LogP contribution is 2.44. The van der Waals surface area contributed by atoms with E-state index in [9.17, 15) is 5.11 Å². The average Bonchev–Trinajstić information content (AvgIpc) is 2.76. The highest BCUT2D eigenvalue weighted by Gasteiger charge is 2.34. The van der Waals surface area contributed by atoms with Crippen LogP contribution in [0.2, 0.25) is 0 Å². The topological polar surface area (TPSA) is 29.5 Å². The standard InChI is InChI=1S/C31H54O2/c1-22(2)14-13-18-24(4)16-10-9-15-23(3)17-11-12-20-31(8)21-19-28-27(7)29(32)25(5)26(6)30(28)33-31/h22-24,32H,9-21H2,1-8H3. The van der Waals surface area contributed by atoms with Gasteiger partial charge in [-0.1, -0.05) is 85.5 Å². The molecular weight excluding hydrogens is 404 g/mol. The fourth-order valence-corrected chi connectivity index (χ4v) is 5.61. The van der Waals surface area contributed by atoms with Gasteiger partial charge in [0.25, 0.3) is 0 Å². The molecule has 2 rings (SSSR count). The second-order valence-corrected chi connectivity index (χ2v) is 12.1. The SMILES string of the molecule is Cc1c(C)c2c(c(C)c1O)CCC(C)(CCCCC(C)CCCCC(C)CCCC(C)C)O2. The van der Waals surface area contributed by atoms with Gasteiger partial charge in [0.2, 0.25) is 0 Å². The molecule has 0 aromatic heterocycles. The lowest BCUT2D eigenvalue weighted by molar-refractivity contribution is 0.0519. The van der Waals surface area contributed by atoms with Gasteiger partial charge >= 0.3 is 0 Å². The van der Waals surface area contributed by atoms with Crippen molar-refractivity contribution in [2.24, 2.45) is 17.8 Å². The molecule has 1 N–H and O–H groups in total. The van der Waals surface area contributed by atoms with Gasteiger partial charge in [0.1, 0.15) is 17.1 Å². The van der Waals surface area contributed by atoms with Crippen LogP contribution < -0.4 is 4.74 Å². The van der Waals surface area contributed by atoms with E-state index in [-0.39, 0.29) is 5.60 Å². The van der Waals surface area contributed by atoms with Crippen LogP contribution in [0.25, 0.3) is 0 Å². The first-order valence-electron chi connectivity index (χ1n) is 14.0. The quantitative estimate of drug-likeness (QED) is 0.281. The molecule has 0 radical (unpaired) electrons. The van der Waals surface area contributed by atoms with Gasteiger partial charge in [-0.3, -0.25) is 0 Å². The van der Waals surface area contributed by atoms with E-state index in [0.717, 1.165) is 59.5 Å². The molecular formula is C31H54O2. The third kappa shape index (κ3) is 8.52. The highest BCUT2D eigenvalue weighted by molar-refractivity contribution is 5.58. The van der Waals surface area contributed by atoms with Gasteiger partial charge in [0.05, 0.1) is 0 Å². The molecule has 3 atom stereocenters. The average molecular weight is 459 g/mol. The van der Waals surface area contributed by atoms with Crippen LogP contribution in [0.3, 0.4) is 0 Å². The molecule has 1 aromatic carbocycles. The second kappa shape index (κ2) is 13.1. The summed E-state index contributed by atoms with van der Waals surface area (Å²) in [4.78, 5) is 0. The van der Waals surface area contributed by atoms with Crippen molar-refractivity contribution < 1.29 is 9.84 Å². The molecule has 190 valence electrons. The summed E-state index contributed by atoms with van der Waals surface area (Å²) >= 11 is 0. The van der Waals surface area contributed by atoms with E-state index in [0.29, 0.717) is 5.75 Å². The zero-order chi connectivity index (χ0) is 24.6. The third-order valence-corrected chi connectivity index (χ3v) is 8.37. The predicted octanol–water partition coefficient (Wildman–Crippen LogP) is 9.62. The molecule has 1 heterocycles. The number of hydrogen-bond donors (Lipinski definition) is 1. The maximum atomic E-state index is 10.4. The Morgan fingerprint density at radius 3 is 1.88 bits per heavy atom. The molecule has 2 nitrogen and oxygen atoms in total. The Kier molecular flexibility index (Phi) is 11.1. The number of hydrogen-bond acceptors (Lipinski definition) is 2. The summed E-state index contributed by atoms with van der Waals surface area (Å²) in [5.74, 6) is 4.10. The number of fused-ring (bicyclic) bond motifs is 1. The van der Waals surface area contributed by atoms with Gasteiger partial charge in [-0.15, -0.1) is 0 Å². The largest absolute Gasteiger partial charge is 0.507 e. The summed E-state index contributed by atoms with van der Waals surface area (Å²) in [6.07, 6.45) is 16.9. The van der Waals surface area contributed by atoms with Crippen LogP contribution >= 0.6 is 0 Å². The van der Waals surface area contributed by atoms with Crippen molar-refractivity contribution in [2.75, 3.05) is 0 Å². The maximum absolute atomic E-state index is 10.4. The molecule has 2 heteroatoms. The molecule has 0 bridgehead atoms. The minimum Gasteiger partial charge on any atom is -0.507 e. The van der Waals surface area contributed by atoms with E-state index in [1.807, 2.05) is 13.8 Å². The van der Waals surface area contributed by atoms with Crippen molar-refractivity contribution >= 4 is 0 Å². The number of phenolic OH excluding ortho intramolecular Hbond substituents is 1. The van der Waals surface area contributed by atoms with Crippen molar-refractivity contribution in [1.82, 2.24) is 0 Å². The predicted molar refractivity (Wildman–Crippen MR) is 144 cm³/mol. The number of ether oxygens (including phenoxy) is 1. The summed E-state index contributed by atoms with van der Waals surface area (Å²) in [5, 5.41) is 10.4. The summed E-state index contributed by atoms with van der Waals surface area (Å²) in [6, 6.07) is 0. The molecule has 3 unspecified atom stereocenters. The van der Waals surface area contributed by atoms with Crippen LogP contribution in [0.1, 0.15) is 134 Å². The van der Waals surface area contributed by atoms with Crippen LogP contribution in [0.15, 0.2) is 0 Å². The molecule has 0 saturated heterocycles. The van der Waals surface area contributed by atoms with Crippen LogP contribution in [0, 0.1) is 38.5 Å². The van der Waals surface area contributed by atoms with Crippen LogP contribution in [-0.2, 0) is 6.42 Å². The molecule has 0 amide bonds. The van der Waals surface area contributed by atoms with Gasteiger partial charge < -0.3 is 9.84 Å². The van der Waals surface area contributed by atoms with Crippen LogP contribution in [-0.4, -0.2) is 10.7 Å². The summed E-state index contributed by atoms with van der Waals surface area (Å²) in [5.41, 5.74) is 4.24. The van der Waals surface area contributed by atoms with Crippen molar-refractivity contribution in [1.29, 1.82) is 0 Å². The molecule has 0 saturated carbocycles. The first-order valence-corrected chi connectivity index (χ1v) is 14.0.